The summed E-state index contributed by atoms with van der Waals surface area (Å²) in [5.74, 6) is 0. The third-order valence-electron chi connectivity index (χ3n) is 3.85. The van der Waals surface area contributed by atoms with Crippen LogP contribution in [0.15, 0.2) is 105 Å². The molecule has 2 heterocycles. The van der Waals surface area contributed by atoms with Crippen LogP contribution in [0, 0.1) is 0 Å². The Morgan fingerprint density at radius 2 is 1.15 bits per heavy atom. The van der Waals surface area contributed by atoms with Crippen LogP contribution in [0.4, 0.5) is 0 Å². The van der Waals surface area contributed by atoms with E-state index in [-0.39, 0.29) is 11.4 Å². The standard InChI is InChI=1S/C20H14N4O2S/c25-19-21-9-3-11-23(19)15-5-1-7-17(13-15)27-18-8-2-6-16(14-18)24-12-4-10-22-20(24)26/h1-14H. The molecule has 7 heteroatoms. The van der Waals surface area contributed by atoms with Crippen LogP contribution in [0.3, 0.4) is 0 Å². The average molecular weight is 374 g/mol. The first-order chi connectivity index (χ1) is 13.2. The Labute approximate surface area is 158 Å². The molecule has 4 rings (SSSR count). The van der Waals surface area contributed by atoms with Gasteiger partial charge in [-0.2, -0.15) is 0 Å². The number of hydrogen-bond donors (Lipinski definition) is 0. The van der Waals surface area contributed by atoms with Crippen molar-refractivity contribution < 1.29 is 0 Å². The largest absolute Gasteiger partial charge is 0.352 e. The normalized spacial score (nSPS) is 10.7. The Hall–Kier alpha value is -3.45. The maximum Gasteiger partial charge on any atom is 0.352 e. The lowest BCUT2D eigenvalue weighted by molar-refractivity contribution is 0.909. The van der Waals surface area contributed by atoms with Crippen LogP contribution in [-0.4, -0.2) is 19.1 Å². The van der Waals surface area contributed by atoms with E-state index in [4.69, 9.17) is 0 Å². The summed E-state index contributed by atoms with van der Waals surface area (Å²) in [6.07, 6.45) is 6.33. The maximum absolute atomic E-state index is 11.9. The summed E-state index contributed by atoms with van der Waals surface area (Å²) in [5, 5.41) is 0. The molecule has 2 aromatic heterocycles. The quantitative estimate of drug-likeness (QED) is 0.549. The van der Waals surface area contributed by atoms with Crippen LogP contribution < -0.4 is 11.4 Å². The molecule has 0 unspecified atom stereocenters. The fourth-order valence-corrected chi connectivity index (χ4v) is 3.56. The maximum atomic E-state index is 11.9. The highest BCUT2D eigenvalue weighted by Gasteiger charge is 2.05. The highest BCUT2D eigenvalue weighted by Crippen LogP contribution is 2.29. The summed E-state index contributed by atoms with van der Waals surface area (Å²) < 4.78 is 2.99. The van der Waals surface area contributed by atoms with Crippen molar-refractivity contribution in [1.29, 1.82) is 0 Å². The lowest BCUT2D eigenvalue weighted by Gasteiger charge is -2.09. The molecule has 0 aliphatic heterocycles. The lowest BCUT2D eigenvalue weighted by atomic mass is 10.3. The van der Waals surface area contributed by atoms with Crippen molar-refractivity contribution in [2.45, 2.75) is 9.79 Å². The molecule has 0 bridgehead atoms. The molecule has 0 fully saturated rings. The van der Waals surface area contributed by atoms with Crippen LogP contribution in [0.25, 0.3) is 11.4 Å². The van der Waals surface area contributed by atoms with E-state index in [2.05, 4.69) is 9.97 Å². The summed E-state index contributed by atoms with van der Waals surface area (Å²) in [6, 6.07) is 18.7. The van der Waals surface area contributed by atoms with Gasteiger partial charge in [0.1, 0.15) is 0 Å². The van der Waals surface area contributed by atoms with Gasteiger partial charge in [0.05, 0.1) is 11.4 Å². The molecule has 0 aliphatic rings. The Bertz CT molecular complexity index is 1120. The van der Waals surface area contributed by atoms with E-state index in [0.717, 1.165) is 21.2 Å². The minimum Gasteiger partial charge on any atom is -0.268 e. The van der Waals surface area contributed by atoms with Gasteiger partial charge in [-0.15, -0.1) is 0 Å². The topological polar surface area (TPSA) is 69.8 Å². The summed E-state index contributed by atoms with van der Waals surface area (Å²) in [5.41, 5.74) is 0.852. The fourth-order valence-electron chi connectivity index (χ4n) is 2.64. The Kier molecular flexibility index (Phi) is 4.67. The molecular weight excluding hydrogens is 360 g/mol. The number of nitrogens with zero attached hydrogens (tertiary/aromatic N) is 4. The molecule has 132 valence electrons. The molecule has 0 N–H and O–H groups in total. The summed E-state index contributed by atoms with van der Waals surface area (Å²) in [7, 11) is 0. The molecule has 0 radical (unpaired) electrons. The fraction of sp³-hybridized carbons (Fsp3) is 0. The predicted molar refractivity (Wildman–Crippen MR) is 104 cm³/mol. The van der Waals surface area contributed by atoms with Gasteiger partial charge in [0, 0.05) is 34.6 Å². The van der Waals surface area contributed by atoms with Crippen molar-refractivity contribution in [2.24, 2.45) is 0 Å². The monoisotopic (exact) mass is 374 g/mol. The van der Waals surface area contributed by atoms with Crippen LogP contribution in [0.2, 0.25) is 0 Å². The zero-order valence-electron chi connectivity index (χ0n) is 14.1. The van der Waals surface area contributed by atoms with E-state index in [9.17, 15) is 9.59 Å². The van der Waals surface area contributed by atoms with Crippen LogP contribution in [-0.2, 0) is 0 Å². The minimum atomic E-state index is -0.322. The molecule has 0 atom stereocenters. The van der Waals surface area contributed by atoms with Gasteiger partial charge in [0.25, 0.3) is 0 Å². The van der Waals surface area contributed by atoms with Crippen molar-refractivity contribution in [3.63, 3.8) is 0 Å². The van der Waals surface area contributed by atoms with Gasteiger partial charge in [0.15, 0.2) is 0 Å². The van der Waals surface area contributed by atoms with Gasteiger partial charge in [-0.3, -0.25) is 9.13 Å². The molecule has 0 saturated heterocycles. The molecule has 2 aromatic carbocycles. The second-order valence-corrected chi connectivity index (χ2v) is 6.79. The molecule has 0 spiro atoms. The van der Waals surface area contributed by atoms with Crippen LogP contribution in [0.1, 0.15) is 0 Å². The van der Waals surface area contributed by atoms with Gasteiger partial charge >= 0.3 is 11.4 Å². The van der Waals surface area contributed by atoms with Crippen molar-refractivity contribution in [2.75, 3.05) is 0 Å². The van der Waals surface area contributed by atoms with Gasteiger partial charge in [-0.1, -0.05) is 23.9 Å². The van der Waals surface area contributed by atoms with E-state index in [0.29, 0.717) is 0 Å². The van der Waals surface area contributed by atoms with Crippen LogP contribution >= 0.6 is 11.8 Å². The summed E-state index contributed by atoms with van der Waals surface area (Å²) in [4.78, 5) is 33.4. The van der Waals surface area contributed by atoms with Gasteiger partial charge < -0.3 is 0 Å². The number of aromatic nitrogens is 4. The predicted octanol–water partition coefficient (Wildman–Crippen LogP) is 2.93. The number of benzene rings is 2. The Morgan fingerprint density at radius 1 is 0.667 bits per heavy atom. The third-order valence-corrected chi connectivity index (χ3v) is 4.83. The SMILES string of the molecule is O=c1ncccn1-c1cccc(Sc2cccc(-n3cccnc3=O)c2)c1. The number of hydrogen-bond acceptors (Lipinski definition) is 5. The van der Waals surface area contributed by atoms with Gasteiger partial charge in [-0.25, -0.2) is 19.6 Å². The van der Waals surface area contributed by atoms with E-state index in [1.54, 1.807) is 36.3 Å². The molecule has 27 heavy (non-hydrogen) atoms. The molecule has 6 nitrogen and oxygen atoms in total. The molecule has 4 aromatic rings. The van der Waals surface area contributed by atoms with Crippen molar-refractivity contribution in [1.82, 2.24) is 19.1 Å². The van der Waals surface area contributed by atoms with Gasteiger partial charge in [-0.05, 0) is 48.5 Å². The second kappa shape index (κ2) is 7.43. The average Bonchev–Trinajstić information content (AvgIpc) is 2.69. The van der Waals surface area contributed by atoms with E-state index >= 15 is 0 Å². The first-order valence-electron chi connectivity index (χ1n) is 8.17. The van der Waals surface area contributed by atoms with Crippen molar-refractivity contribution in [3.05, 3.63) is 106 Å². The second-order valence-electron chi connectivity index (χ2n) is 5.64. The smallest absolute Gasteiger partial charge is 0.268 e. The minimum absolute atomic E-state index is 0.322. The Balaban J connectivity index is 1.66. The highest BCUT2D eigenvalue weighted by atomic mass is 32.2. The lowest BCUT2D eigenvalue weighted by Crippen LogP contribution is -2.19. The Morgan fingerprint density at radius 3 is 1.59 bits per heavy atom. The van der Waals surface area contributed by atoms with Crippen molar-refractivity contribution >= 4 is 11.8 Å². The van der Waals surface area contributed by atoms with E-state index in [1.165, 1.54) is 21.5 Å². The number of rotatable bonds is 4. The first kappa shape index (κ1) is 17.0. The van der Waals surface area contributed by atoms with Gasteiger partial charge in [0.2, 0.25) is 0 Å². The highest BCUT2D eigenvalue weighted by molar-refractivity contribution is 7.99. The molecule has 0 saturated carbocycles. The molecule has 0 aliphatic carbocycles. The van der Waals surface area contributed by atoms with Crippen molar-refractivity contribution in [3.8, 4) is 11.4 Å². The van der Waals surface area contributed by atoms with E-state index < -0.39 is 0 Å². The molecular formula is C20H14N4O2S. The zero-order valence-corrected chi connectivity index (χ0v) is 14.9. The summed E-state index contributed by atoms with van der Waals surface area (Å²) in [6.45, 7) is 0. The zero-order chi connectivity index (χ0) is 18.6. The van der Waals surface area contributed by atoms with Crippen LogP contribution in [0.5, 0.6) is 0 Å². The molecule has 0 amide bonds. The summed E-state index contributed by atoms with van der Waals surface area (Å²) >= 11 is 1.55. The third kappa shape index (κ3) is 3.73. The van der Waals surface area contributed by atoms with E-state index in [1.807, 2.05) is 48.5 Å². The first-order valence-corrected chi connectivity index (χ1v) is 8.98.